The lowest BCUT2D eigenvalue weighted by Crippen LogP contribution is -2.33. The molecule has 0 bridgehead atoms. The van der Waals surface area contributed by atoms with Crippen LogP contribution in [0.5, 0.6) is 0 Å². The van der Waals surface area contributed by atoms with Crippen LogP contribution in [0.4, 0.5) is 10.1 Å². The van der Waals surface area contributed by atoms with Gasteiger partial charge in [0.15, 0.2) is 0 Å². The molecule has 6 heteroatoms. The molecule has 0 heterocycles. The molecular weight excluding hydrogens is 259 g/mol. The summed E-state index contributed by atoms with van der Waals surface area (Å²) in [7, 11) is 1.61. The van der Waals surface area contributed by atoms with Gasteiger partial charge in [0.2, 0.25) is 0 Å². The second-order valence-corrected chi connectivity index (χ2v) is 4.24. The van der Waals surface area contributed by atoms with E-state index in [-0.39, 0.29) is 11.9 Å². The molecule has 0 amide bonds. The van der Waals surface area contributed by atoms with Gasteiger partial charge in [0.25, 0.3) is 0 Å². The third kappa shape index (κ3) is 5.64. The maximum Gasteiger partial charge on any atom is 0.126 e. The molecule has 1 aromatic carbocycles. The van der Waals surface area contributed by atoms with E-state index < -0.39 is 0 Å². The number of methoxy groups -OCH3 is 1. The Morgan fingerprint density at radius 3 is 2.78 bits per heavy atom. The highest BCUT2D eigenvalue weighted by Gasteiger charge is 2.08. The second-order valence-electron chi connectivity index (χ2n) is 3.80. The van der Waals surface area contributed by atoms with Crippen LogP contribution in [0.25, 0.3) is 0 Å². The Morgan fingerprint density at radius 1 is 1.39 bits per heavy atom. The van der Waals surface area contributed by atoms with Crippen molar-refractivity contribution in [3.8, 4) is 0 Å². The molecule has 0 aliphatic rings. The highest BCUT2D eigenvalue weighted by atomic mass is 35.5. The van der Waals surface area contributed by atoms with Gasteiger partial charge in [0.05, 0.1) is 25.9 Å². The van der Waals surface area contributed by atoms with Gasteiger partial charge in [-0.05, 0) is 18.2 Å². The molecule has 3 N–H and O–H groups in total. The van der Waals surface area contributed by atoms with Crippen molar-refractivity contribution in [2.75, 3.05) is 38.8 Å². The van der Waals surface area contributed by atoms with E-state index in [2.05, 4.69) is 5.32 Å². The standard InChI is InChI=1S/C12H18ClFN2O2/c1-17-2-3-18-8-12(7-15)16-11-5-9(13)4-10(14)6-11/h4-6,12,16H,2-3,7-8,15H2,1H3. The van der Waals surface area contributed by atoms with Crippen molar-refractivity contribution in [3.63, 3.8) is 0 Å². The number of halogens is 2. The summed E-state index contributed by atoms with van der Waals surface area (Å²) in [6.45, 7) is 1.83. The number of nitrogens with one attached hydrogen (secondary N) is 1. The minimum atomic E-state index is -0.388. The Balaban J connectivity index is 2.46. The molecule has 1 atom stereocenters. The molecule has 4 nitrogen and oxygen atoms in total. The monoisotopic (exact) mass is 276 g/mol. The van der Waals surface area contributed by atoms with Gasteiger partial charge in [0.1, 0.15) is 5.82 Å². The largest absolute Gasteiger partial charge is 0.382 e. The molecular formula is C12H18ClFN2O2. The van der Waals surface area contributed by atoms with Crippen LogP contribution in [0.1, 0.15) is 0 Å². The van der Waals surface area contributed by atoms with Gasteiger partial charge in [-0.2, -0.15) is 0 Å². The predicted octanol–water partition coefficient (Wildman–Crippen LogP) is 1.88. The van der Waals surface area contributed by atoms with Crippen molar-refractivity contribution >= 4 is 17.3 Å². The molecule has 18 heavy (non-hydrogen) atoms. The van der Waals surface area contributed by atoms with Crippen LogP contribution in [-0.2, 0) is 9.47 Å². The van der Waals surface area contributed by atoms with Crippen LogP contribution in [0.2, 0.25) is 5.02 Å². The topological polar surface area (TPSA) is 56.5 Å². The zero-order valence-electron chi connectivity index (χ0n) is 10.3. The molecule has 0 aromatic heterocycles. The third-order valence-electron chi connectivity index (χ3n) is 2.27. The van der Waals surface area contributed by atoms with Gasteiger partial charge in [-0.25, -0.2) is 4.39 Å². The van der Waals surface area contributed by atoms with E-state index in [0.717, 1.165) is 0 Å². The zero-order chi connectivity index (χ0) is 13.4. The molecule has 1 aromatic rings. The van der Waals surface area contributed by atoms with E-state index in [9.17, 15) is 4.39 Å². The van der Waals surface area contributed by atoms with Crippen LogP contribution in [0.3, 0.4) is 0 Å². The van der Waals surface area contributed by atoms with Gasteiger partial charge in [-0.1, -0.05) is 11.6 Å². The first kappa shape index (κ1) is 15.2. The number of benzene rings is 1. The molecule has 0 fully saturated rings. The Kier molecular flexibility index (Phi) is 6.97. The fraction of sp³-hybridized carbons (Fsp3) is 0.500. The van der Waals surface area contributed by atoms with Crippen LogP contribution >= 0.6 is 11.6 Å². The minimum Gasteiger partial charge on any atom is -0.382 e. The fourth-order valence-corrected chi connectivity index (χ4v) is 1.63. The highest BCUT2D eigenvalue weighted by molar-refractivity contribution is 6.30. The van der Waals surface area contributed by atoms with Crippen molar-refractivity contribution in [1.82, 2.24) is 0 Å². The van der Waals surface area contributed by atoms with Gasteiger partial charge in [-0.15, -0.1) is 0 Å². The molecule has 0 saturated heterocycles. The summed E-state index contributed by atoms with van der Waals surface area (Å²) >= 11 is 5.76. The van der Waals surface area contributed by atoms with Crippen LogP contribution in [-0.4, -0.2) is 39.5 Å². The summed E-state index contributed by atoms with van der Waals surface area (Å²) in [5.41, 5.74) is 6.20. The van der Waals surface area contributed by atoms with Gasteiger partial charge in [0, 0.05) is 24.4 Å². The Labute approximate surface area is 111 Å². The van der Waals surface area contributed by atoms with E-state index in [1.54, 1.807) is 13.2 Å². The first-order valence-electron chi connectivity index (χ1n) is 5.65. The minimum absolute atomic E-state index is 0.0975. The molecule has 0 aliphatic carbocycles. The van der Waals surface area contributed by atoms with E-state index >= 15 is 0 Å². The first-order valence-corrected chi connectivity index (χ1v) is 6.03. The maximum atomic E-state index is 13.1. The van der Waals surface area contributed by atoms with Crippen LogP contribution in [0, 0.1) is 5.82 Å². The van der Waals surface area contributed by atoms with Crippen molar-refractivity contribution in [1.29, 1.82) is 0 Å². The number of rotatable bonds is 8. The summed E-state index contributed by atoms with van der Waals surface area (Å²) in [6.07, 6.45) is 0. The lowest BCUT2D eigenvalue weighted by Gasteiger charge is -2.18. The number of anilines is 1. The Bertz CT molecular complexity index is 346. The molecule has 1 rings (SSSR count). The van der Waals surface area contributed by atoms with Crippen LogP contribution in [0.15, 0.2) is 18.2 Å². The van der Waals surface area contributed by atoms with Crippen molar-refractivity contribution in [2.24, 2.45) is 5.73 Å². The fourth-order valence-electron chi connectivity index (χ4n) is 1.41. The summed E-state index contributed by atoms with van der Waals surface area (Å²) in [4.78, 5) is 0. The third-order valence-corrected chi connectivity index (χ3v) is 2.49. The lowest BCUT2D eigenvalue weighted by atomic mass is 10.2. The molecule has 1 unspecified atom stereocenters. The predicted molar refractivity (Wildman–Crippen MR) is 70.6 cm³/mol. The number of nitrogens with two attached hydrogens (primary N) is 1. The van der Waals surface area contributed by atoms with Crippen molar-refractivity contribution in [2.45, 2.75) is 6.04 Å². The molecule has 102 valence electrons. The highest BCUT2D eigenvalue weighted by Crippen LogP contribution is 2.18. The van der Waals surface area contributed by atoms with E-state index in [0.29, 0.717) is 37.1 Å². The summed E-state index contributed by atoms with van der Waals surface area (Å²) in [5, 5.41) is 3.41. The van der Waals surface area contributed by atoms with Gasteiger partial charge >= 0.3 is 0 Å². The lowest BCUT2D eigenvalue weighted by molar-refractivity contribution is 0.0667. The maximum absolute atomic E-state index is 13.1. The summed E-state index contributed by atoms with van der Waals surface area (Å²) < 4.78 is 23.4. The SMILES string of the molecule is COCCOCC(CN)Nc1cc(F)cc(Cl)c1. The zero-order valence-corrected chi connectivity index (χ0v) is 11.0. The average molecular weight is 277 g/mol. The van der Waals surface area contributed by atoms with Crippen molar-refractivity contribution in [3.05, 3.63) is 29.0 Å². The molecule has 0 spiro atoms. The first-order chi connectivity index (χ1) is 8.65. The second kappa shape index (κ2) is 8.26. The number of ether oxygens (including phenoxy) is 2. The van der Waals surface area contributed by atoms with Gasteiger partial charge in [-0.3, -0.25) is 0 Å². The van der Waals surface area contributed by atoms with Gasteiger partial charge < -0.3 is 20.5 Å². The summed E-state index contributed by atoms with van der Waals surface area (Å²) in [5.74, 6) is -0.388. The number of hydrogen-bond acceptors (Lipinski definition) is 4. The van der Waals surface area contributed by atoms with E-state index in [1.165, 1.54) is 12.1 Å². The van der Waals surface area contributed by atoms with E-state index in [4.69, 9.17) is 26.8 Å². The average Bonchev–Trinajstić information content (AvgIpc) is 2.32. The van der Waals surface area contributed by atoms with Crippen molar-refractivity contribution < 1.29 is 13.9 Å². The molecule has 0 saturated carbocycles. The number of hydrogen-bond donors (Lipinski definition) is 2. The Hall–Kier alpha value is -0.880. The molecule has 0 radical (unpaired) electrons. The smallest absolute Gasteiger partial charge is 0.126 e. The summed E-state index contributed by atoms with van der Waals surface area (Å²) in [6, 6.07) is 4.16. The normalized spacial score (nSPS) is 12.4. The van der Waals surface area contributed by atoms with E-state index in [1.807, 2.05) is 0 Å². The quantitative estimate of drug-likeness (QED) is 0.712. The Morgan fingerprint density at radius 2 is 2.17 bits per heavy atom. The molecule has 0 aliphatic heterocycles. The van der Waals surface area contributed by atoms with Crippen LogP contribution < -0.4 is 11.1 Å².